The quantitative estimate of drug-likeness (QED) is 0.257. The van der Waals surface area contributed by atoms with E-state index >= 15 is 0 Å². The summed E-state index contributed by atoms with van der Waals surface area (Å²) in [5.41, 5.74) is 4.18. The maximum absolute atomic E-state index is 13.4. The molecule has 0 aromatic heterocycles. The molecule has 1 heterocycles. The molecule has 0 aliphatic carbocycles. The summed E-state index contributed by atoms with van der Waals surface area (Å²) in [6.45, 7) is 2.42. The zero-order valence-electron chi connectivity index (χ0n) is 22.2. The van der Waals surface area contributed by atoms with Gasteiger partial charge in [-0.15, -0.1) is 0 Å². The van der Waals surface area contributed by atoms with Gasteiger partial charge in [0.2, 0.25) is 0 Å². The number of aryl methyl sites for hydroxylation is 1. The van der Waals surface area contributed by atoms with Gasteiger partial charge >= 0.3 is 0 Å². The van der Waals surface area contributed by atoms with Gasteiger partial charge in [0, 0.05) is 13.2 Å². The van der Waals surface area contributed by atoms with Crippen LogP contribution in [-0.4, -0.2) is 58.9 Å². The van der Waals surface area contributed by atoms with Crippen molar-refractivity contribution >= 4 is 33.7 Å². The number of amides is 2. The average Bonchev–Trinajstić information content (AvgIpc) is 3.49. The monoisotopic (exact) mass is 564 g/mol. The summed E-state index contributed by atoms with van der Waals surface area (Å²) in [4.78, 5) is 24.8. The minimum absolute atomic E-state index is 0.0711. The van der Waals surface area contributed by atoms with Crippen molar-refractivity contribution in [2.24, 2.45) is 5.10 Å². The number of rotatable bonds is 12. The fourth-order valence-electron chi connectivity index (χ4n) is 4.09. The summed E-state index contributed by atoms with van der Waals surface area (Å²) in [6.07, 6.45) is 3.46. The van der Waals surface area contributed by atoms with Crippen LogP contribution in [0.15, 0.2) is 88.9 Å². The van der Waals surface area contributed by atoms with Crippen molar-refractivity contribution in [2.45, 2.75) is 30.8 Å². The second-order valence-corrected chi connectivity index (χ2v) is 11.1. The average molecular weight is 565 g/mol. The van der Waals surface area contributed by atoms with Crippen molar-refractivity contribution in [2.75, 3.05) is 30.6 Å². The van der Waals surface area contributed by atoms with E-state index in [1.807, 2.05) is 0 Å². The van der Waals surface area contributed by atoms with Gasteiger partial charge in [-0.3, -0.25) is 13.9 Å². The lowest BCUT2D eigenvalue weighted by Crippen LogP contribution is -2.40. The van der Waals surface area contributed by atoms with E-state index in [4.69, 9.17) is 9.47 Å². The lowest BCUT2D eigenvalue weighted by Gasteiger charge is -2.25. The Kier molecular flexibility index (Phi) is 9.87. The first-order valence-corrected chi connectivity index (χ1v) is 14.3. The van der Waals surface area contributed by atoms with E-state index < -0.39 is 22.5 Å². The smallest absolute Gasteiger partial charge is 0.264 e. The van der Waals surface area contributed by atoms with E-state index in [2.05, 4.69) is 15.8 Å². The SMILES string of the molecule is Cc1ccccc1N(CC(=O)N/N=C\c1ccc(OCC(=O)NC[C@@H]2CCCO2)cc1)S(=O)(=O)c1ccccc1. The highest BCUT2D eigenvalue weighted by molar-refractivity contribution is 7.92. The number of sulfonamides is 1. The van der Waals surface area contributed by atoms with E-state index in [1.54, 1.807) is 73.7 Å². The van der Waals surface area contributed by atoms with Crippen molar-refractivity contribution in [1.29, 1.82) is 0 Å². The molecule has 0 bridgehead atoms. The summed E-state index contributed by atoms with van der Waals surface area (Å²) in [5.74, 6) is -0.320. The normalized spacial score (nSPS) is 15.1. The van der Waals surface area contributed by atoms with Crippen LogP contribution >= 0.6 is 0 Å². The van der Waals surface area contributed by atoms with Gasteiger partial charge in [-0.25, -0.2) is 13.8 Å². The first kappa shape index (κ1) is 28.8. The van der Waals surface area contributed by atoms with Crippen molar-refractivity contribution in [1.82, 2.24) is 10.7 Å². The van der Waals surface area contributed by atoms with E-state index in [9.17, 15) is 18.0 Å². The second kappa shape index (κ2) is 13.7. The number of hydrogen-bond donors (Lipinski definition) is 2. The summed E-state index contributed by atoms with van der Waals surface area (Å²) in [7, 11) is -4.00. The zero-order valence-corrected chi connectivity index (χ0v) is 23.0. The van der Waals surface area contributed by atoms with E-state index in [-0.39, 0.29) is 23.5 Å². The van der Waals surface area contributed by atoms with Gasteiger partial charge in [0.1, 0.15) is 12.3 Å². The number of nitrogens with zero attached hydrogens (tertiary/aromatic N) is 2. The highest BCUT2D eigenvalue weighted by Crippen LogP contribution is 2.26. The van der Waals surface area contributed by atoms with E-state index in [0.29, 0.717) is 29.1 Å². The van der Waals surface area contributed by atoms with Gasteiger partial charge in [-0.05, 0) is 73.4 Å². The topological polar surface area (TPSA) is 126 Å². The Balaban J connectivity index is 1.32. The molecule has 3 aromatic carbocycles. The minimum atomic E-state index is -4.00. The molecule has 1 aliphatic rings. The van der Waals surface area contributed by atoms with Crippen molar-refractivity contribution in [3.8, 4) is 5.75 Å². The Morgan fingerprint density at radius 1 is 1.02 bits per heavy atom. The van der Waals surface area contributed by atoms with Crippen LogP contribution in [0.1, 0.15) is 24.0 Å². The summed E-state index contributed by atoms with van der Waals surface area (Å²) >= 11 is 0. The molecule has 10 nitrogen and oxygen atoms in total. The maximum atomic E-state index is 13.4. The van der Waals surface area contributed by atoms with Crippen LogP contribution in [-0.2, 0) is 24.3 Å². The minimum Gasteiger partial charge on any atom is -0.484 e. The second-order valence-electron chi connectivity index (χ2n) is 9.20. The summed E-state index contributed by atoms with van der Waals surface area (Å²) in [5, 5.41) is 6.77. The van der Waals surface area contributed by atoms with Crippen molar-refractivity contribution in [3.63, 3.8) is 0 Å². The van der Waals surface area contributed by atoms with Gasteiger partial charge < -0.3 is 14.8 Å². The van der Waals surface area contributed by atoms with Crippen LogP contribution in [0.25, 0.3) is 0 Å². The molecule has 1 fully saturated rings. The predicted molar refractivity (Wildman–Crippen MR) is 152 cm³/mol. The predicted octanol–water partition coefficient (Wildman–Crippen LogP) is 3.01. The van der Waals surface area contributed by atoms with Crippen LogP contribution < -0.4 is 19.8 Å². The number of carbonyl (C=O) groups is 2. The first-order chi connectivity index (χ1) is 19.3. The Morgan fingerprint density at radius 2 is 1.75 bits per heavy atom. The van der Waals surface area contributed by atoms with Gasteiger partial charge in [0.05, 0.1) is 22.9 Å². The Hall–Kier alpha value is -4.22. The molecule has 0 spiro atoms. The van der Waals surface area contributed by atoms with Crippen molar-refractivity contribution < 1.29 is 27.5 Å². The number of anilines is 1. The number of hydrogen-bond acceptors (Lipinski definition) is 7. The van der Waals surface area contributed by atoms with Crippen LogP contribution in [0.4, 0.5) is 5.69 Å². The van der Waals surface area contributed by atoms with Crippen LogP contribution in [0.3, 0.4) is 0 Å². The number of hydrazone groups is 1. The molecule has 1 aliphatic heterocycles. The molecule has 210 valence electrons. The van der Waals surface area contributed by atoms with Crippen LogP contribution in [0, 0.1) is 6.92 Å². The molecule has 1 atom stereocenters. The summed E-state index contributed by atoms with van der Waals surface area (Å²) in [6, 6.07) is 21.7. The third-order valence-electron chi connectivity index (χ3n) is 6.21. The fourth-order valence-corrected chi connectivity index (χ4v) is 5.60. The molecule has 3 aromatic rings. The molecule has 4 rings (SSSR count). The highest BCUT2D eigenvalue weighted by atomic mass is 32.2. The third-order valence-corrected chi connectivity index (χ3v) is 7.98. The lowest BCUT2D eigenvalue weighted by molar-refractivity contribution is -0.123. The van der Waals surface area contributed by atoms with Crippen LogP contribution in [0.5, 0.6) is 5.75 Å². The number of nitrogens with one attached hydrogen (secondary N) is 2. The largest absolute Gasteiger partial charge is 0.484 e. The molecule has 2 amide bonds. The maximum Gasteiger partial charge on any atom is 0.264 e. The van der Waals surface area contributed by atoms with E-state index in [0.717, 1.165) is 23.8 Å². The first-order valence-electron chi connectivity index (χ1n) is 12.9. The van der Waals surface area contributed by atoms with Gasteiger partial charge in [0.25, 0.3) is 21.8 Å². The number of carbonyl (C=O) groups excluding carboxylic acids is 2. The molecule has 0 saturated carbocycles. The lowest BCUT2D eigenvalue weighted by atomic mass is 10.2. The molecule has 40 heavy (non-hydrogen) atoms. The molecule has 0 radical (unpaired) electrons. The van der Waals surface area contributed by atoms with Gasteiger partial charge in [-0.2, -0.15) is 5.10 Å². The van der Waals surface area contributed by atoms with E-state index in [1.165, 1.54) is 18.3 Å². The number of ether oxygens (including phenoxy) is 2. The molecule has 1 saturated heterocycles. The van der Waals surface area contributed by atoms with Crippen LogP contribution in [0.2, 0.25) is 0 Å². The summed E-state index contributed by atoms with van der Waals surface area (Å²) < 4.78 is 38.9. The molecular formula is C29H32N4O6S. The number of benzene rings is 3. The Morgan fingerprint density at radius 3 is 2.45 bits per heavy atom. The molecule has 11 heteroatoms. The molecule has 0 unspecified atom stereocenters. The Labute approximate surface area is 234 Å². The fraction of sp³-hybridized carbons (Fsp3) is 0.276. The van der Waals surface area contributed by atoms with Crippen molar-refractivity contribution in [3.05, 3.63) is 90.0 Å². The highest BCUT2D eigenvalue weighted by Gasteiger charge is 2.28. The standard InChI is InChI=1S/C29H32N4O6S/c1-22-8-5-6-12-27(22)33(40(36,37)26-10-3-2-4-11-26)20-28(34)32-31-18-23-13-15-24(16-14-23)39-21-29(35)30-19-25-9-7-17-38-25/h2-6,8,10-16,18,25H,7,9,17,19-21H2,1H3,(H,30,35)(H,32,34)/b31-18-/t25-/m0/s1. The molecular weight excluding hydrogens is 532 g/mol. The third kappa shape index (κ3) is 7.90. The Bertz CT molecular complexity index is 1420. The zero-order chi connectivity index (χ0) is 28.4. The van der Waals surface area contributed by atoms with Gasteiger partial charge in [0.15, 0.2) is 6.61 Å². The molecule has 2 N–H and O–H groups in total. The number of para-hydroxylation sites is 1. The van der Waals surface area contributed by atoms with Gasteiger partial charge in [-0.1, -0.05) is 36.4 Å².